The zero-order chi connectivity index (χ0) is 41.5. The molecule has 0 spiro atoms. The summed E-state index contributed by atoms with van der Waals surface area (Å²) in [6.07, 6.45) is 59.6. The van der Waals surface area contributed by atoms with E-state index in [4.69, 9.17) is 0 Å². The zero-order valence-electron chi connectivity index (χ0n) is 38.5. The second-order valence-electron chi connectivity index (χ2n) is 17.7. The van der Waals surface area contributed by atoms with Crippen LogP contribution in [0.1, 0.15) is 277 Å². The van der Waals surface area contributed by atoms with Crippen LogP contribution in [0.3, 0.4) is 0 Å². The molecule has 5 nitrogen and oxygen atoms in total. The Morgan fingerprint density at radius 3 is 1.07 bits per heavy atom. The Bertz CT molecular complexity index is 844. The van der Waals surface area contributed by atoms with Gasteiger partial charge in [-0.1, -0.05) is 269 Å². The third-order valence-corrected chi connectivity index (χ3v) is 12.0. The predicted molar refractivity (Wildman–Crippen MR) is 250 cm³/mol. The molecule has 0 heterocycles. The van der Waals surface area contributed by atoms with Gasteiger partial charge in [0.2, 0.25) is 5.91 Å². The van der Waals surface area contributed by atoms with Gasteiger partial charge in [-0.25, -0.2) is 0 Å². The third-order valence-electron chi connectivity index (χ3n) is 12.0. The van der Waals surface area contributed by atoms with E-state index in [1.54, 1.807) is 6.08 Å². The fourth-order valence-corrected chi connectivity index (χ4v) is 8.03. The highest BCUT2D eigenvalue weighted by Gasteiger charge is 2.22. The first-order valence-electron chi connectivity index (χ1n) is 25.7. The normalized spacial score (nSPS) is 13.6. The lowest BCUT2D eigenvalue weighted by molar-refractivity contribution is -0.131. The highest BCUT2D eigenvalue weighted by molar-refractivity contribution is 5.80. The number of carbonyl (C=O) groups excluding carboxylic acids is 1. The molecule has 0 aliphatic heterocycles. The van der Waals surface area contributed by atoms with Crippen LogP contribution in [0, 0.1) is 0 Å². The van der Waals surface area contributed by atoms with Crippen LogP contribution in [0.15, 0.2) is 24.3 Å². The average molecular weight is 804 g/mol. The van der Waals surface area contributed by atoms with Gasteiger partial charge in [-0.15, -0.1) is 0 Å². The van der Waals surface area contributed by atoms with E-state index in [0.717, 1.165) is 38.5 Å². The molecule has 0 aromatic heterocycles. The first kappa shape index (κ1) is 55.8. The molecule has 0 aliphatic carbocycles. The second kappa shape index (κ2) is 47.5. The average Bonchev–Trinajstić information content (AvgIpc) is 3.22. The summed E-state index contributed by atoms with van der Waals surface area (Å²) in [5, 5.41) is 33.2. The van der Waals surface area contributed by atoms with Gasteiger partial charge < -0.3 is 20.6 Å². The van der Waals surface area contributed by atoms with Gasteiger partial charge in [0.25, 0.3) is 0 Å². The van der Waals surface area contributed by atoms with Gasteiger partial charge in [0.1, 0.15) is 6.10 Å². The Morgan fingerprint density at radius 1 is 0.421 bits per heavy atom. The van der Waals surface area contributed by atoms with Crippen molar-refractivity contribution in [3.05, 3.63) is 24.3 Å². The van der Waals surface area contributed by atoms with Gasteiger partial charge in [0.15, 0.2) is 0 Å². The molecule has 0 saturated carbocycles. The summed E-state index contributed by atoms with van der Waals surface area (Å²) in [5.74, 6) is -0.509. The maximum absolute atomic E-state index is 12.5. The van der Waals surface area contributed by atoms with Gasteiger partial charge in [-0.2, -0.15) is 0 Å². The molecule has 0 aromatic carbocycles. The summed E-state index contributed by atoms with van der Waals surface area (Å²) < 4.78 is 0. The van der Waals surface area contributed by atoms with Crippen LogP contribution >= 0.6 is 0 Å². The Balaban J connectivity index is 3.53. The molecule has 0 aromatic rings. The van der Waals surface area contributed by atoms with E-state index < -0.39 is 24.2 Å². The summed E-state index contributed by atoms with van der Waals surface area (Å²) in [5.41, 5.74) is 0. The van der Waals surface area contributed by atoms with Gasteiger partial charge in [0.05, 0.1) is 18.8 Å². The number of nitrogens with one attached hydrogen (secondary N) is 1. The van der Waals surface area contributed by atoms with E-state index in [1.807, 2.05) is 6.08 Å². The van der Waals surface area contributed by atoms with Crippen molar-refractivity contribution in [3.63, 3.8) is 0 Å². The van der Waals surface area contributed by atoms with Crippen LogP contribution in [0.5, 0.6) is 0 Å². The Hall–Kier alpha value is -1.17. The number of hydrogen-bond acceptors (Lipinski definition) is 4. The molecule has 0 rings (SSSR count). The van der Waals surface area contributed by atoms with Gasteiger partial charge in [-0.3, -0.25) is 4.79 Å². The van der Waals surface area contributed by atoms with E-state index >= 15 is 0 Å². The highest BCUT2D eigenvalue weighted by Crippen LogP contribution is 2.17. The monoisotopic (exact) mass is 804 g/mol. The summed E-state index contributed by atoms with van der Waals surface area (Å²) in [6.45, 7) is 4.18. The number of allylic oxidation sites excluding steroid dienone is 3. The van der Waals surface area contributed by atoms with E-state index in [2.05, 4.69) is 31.3 Å². The lowest BCUT2D eigenvalue weighted by atomic mass is 10.0. The quantitative estimate of drug-likeness (QED) is 0.0364. The van der Waals surface area contributed by atoms with Crippen molar-refractivity contribution in [2.45, 2.75) is 295 Å². The standard InChI is InChI=1S/C52H101NO4/c1-3-5-7-9-11-13-15-17-19-20-21-22-23-24-25-26-27-28-29-30-31-32-33-35-37-39-41-43-45-47-51(56)52(57)53-49(48-54)50(55)46-44-42-40-38-36-34-18-16-14-12-10-8-6-4-2/h36,38,44,46,49-51,54-56H,3-35,37,39-43,45,47-48H2,1-2H3,(H,53,57)/b38-36+,46-44+. The van der Waals surface area contributed by atoms with Crippen molar-refractivity contribution in [2.24, 2.45) is 0 Å². The highest BCUT2D eigenvalue weighted by atomic mass is 16.3. The van der Waals surface area contributed by atoms with Crippen LogP contribution in [-0.4, -0.2) is 46.1 Å². The van der Waals surface area contributed by atoms with Crippen molar-refractivity contribution < 1.29 is 20.1 Å². The fraction of sp³-hybridized carbons (Fsp3) is 0.904. The summed E-state index contributed by atoms with van der Waals surface area (Å²) in [6, 6.07) is -0.811. The minimum Gasteiger partial charge on any atom is -0.394 e. The van der Waals surface area contributed by atoms with Gasteiger partial charge >= 0.3 is 0 Å². The van der Waals surface area contributed by atoms with Crippen molar-refractivity contribution in [1.29, 1.82) is 0 Å². The van der Waals surface area contributed by atoms with Crippen LogP contribution < -0.4 is 5.32 Å². The Labute approximate surface area is 356 Å². The maximum atomic E-state index is 12.5. The largest absolute Gasteiger partial charge is 0.394 e. The molecule has 0 bridgehead atoms. The molecule has 4 N–H and O–H groups in total. The first-order chi connectivity index (χ1) is 28.1. The van der Waals surface area contributed by atoms with E-state index in [-0.39, 0.29) is 6.61 Å². The van der Waals surface area contributed by atoms with E-state index in [1.165, 1.54) is 218 Å². The fourth-order valence-electron chi connectivity index (χ4n) is 8.03. The summed E-state index contributed by atoms with van der Waals surface area (Å²) >= 11 is 0. The third kappa shape index (κ3) is 42.8. The molecule has 0 aliphatic rings. The molecule has 0 fully saturated rings. The van der Waals surface area contributed by atoms with Crippen molar-refractivity contribution >= 4 is 5.91 Å². The zero-order valence-corrected chi connectivity index (χ0v) is 38.5. The number of aliphatic hydroxyl groups is 3. The minimum absolute atomic E-state index is 0.373. The van der Waals surface area contributed by atoms with Crippen molar-refractivity contribution in [1.82, 2.24) is 5.32 Å². The lowest BCUT2D eigenvalue weighted by Gasteiger charge is -2.21. The SMILES string of the molecule is CCCCCCCCCC/C=C/CC/C=C/C(O)C(CO)NC(=O)C(O)CCCCCCCCCCCCCCCCCCCCCCCCCCCCCCC. The molecule has 3 atom stereocenters. The summed E-state index contributed by atoms with van der Waals surface area (Å²) in [4.78, 5) is 12.5. The number of amides is 1. The van der Waals surface area contributed by atoms with Gasteiger partial charge in [0, 0.05) is 0 Å². The minimum atomic E-state index is -1.10. The van der Waals surface area contributed by atoms with Gasteiger partial charge in [-0.05, 0) is 32.1 Å². The molecular weight excluding hydrogens is 703 g/mol. The smallest absolute Gasteiger partial charge is 0.249 e. The maximum Gasteiger partial charge on any atom is 0.249 e. The lowest BCUT2D eigenvalue weighted by Crippen LogP contribution is -2.48. The van der Waals surface area contributed by atoms with E-state index in [0.29, 0.717) is 6.42 Å². The van der Waals surface area contributed by atoms with Crippen LogP contribution in [0.2, 0.25) is 0 Å². The molecule has 3 unspecified atom stereocenters. The van der Waals surface area contributed by atoms with Crippen LogP contribution in [0.25, 0.3) is 0 Å². The molecule has 0 radical (unpaired) electrons. The number of hydrogen-bond donors (Lipinski definition) is 4. The topological polar surface area (TPSA) is 89.8 Å². The van der Waals surface area contributed by atoms with Crippen LogP contribution in [-0.2, 0) is 4.79 Å². The van der Waals surface area contributed by atoms with Crippen molar-refractivity contribution in [2.75, 3.05) is 6.61 Å². The Morgan fingerprint density at radius 2 is 0.719 bits per heavy atom. The first-order valence-corrected chi connectivity index (χ1v) is 25.7. The predicted octanol–water partition coefficient (Wildman–Crippen LogP) is 15.3. The molecule has 1 amide bonds. The number of rotatable bonds is 47. The molecule has 338 valence electrons. The number of unbranched alkanes of at least 4 members (excludes halogenated alkanes) is 37. The number of aliphatic hydroxyl groups excluding tert-OH is 3. The molecule has 0 saturated heterocycles. The molecule has 5 heteroatoms. The second-order valence-corrected chi connectivity index (χ2v) is 17.7. The number of carbonyl (C=O) groups is 1. The van der Waals surface area contributed by atoms with E-state index in [9.17, 15) is 20.1 Å². The molecular formula is C52H101NO4. The summed E-state index contributed by atoms with van der Waals surface area (Å²) in [7, 11) is 0. The molecule has 57 heavy (non-hydrogen) atoms. The Kier molecular flexibility index (Phi) is 46.5. The van der Waals surface area contributed by atoms with Crippen LogP contribution in [0.4, 0.5) is 0 Å². The van der Waals surface area contributed by atoms with Crippen molar-refractivity contribution in [3.8, 4) is 0 Å².